The van der Waals surface area contributed by atoms with E-state index in [0.717, 1.165) is 30.5 Å². The molecule has 0 fully saturated rings. The number of fused-ring (bicyclic) bond motifs is 1. The third kappa shape index (κ3) is 4.41. The lowest BCUT2D eigenvalue weighted by atomic mass is 9.87. The first kappa shape index (κ1) is 19.9. The first-order valence-electron chi connectivity index (χ1n) is 8.49. The van der Waals surface area contributed by atoms with Crippen LogP contribution in [0.25, 0.3) is 0 Å². The van der Waals surface area contributed by atoms with E-state index < -0.39 is 0 Å². The lowest BCUT2D eigenvalue weighted by Gasteiger charge is -2.26. The van der Waals surface area contributed by atoms with E-state index >= 15 is 0 Å². The molecule has 3 N–H and O–H groups in total. The predicted molar refractivity (Wildman–Crippen MR) is 105 cm³/mol. The van der Waals surface area contributed by atoms with Crippen molar-refractivity contribution in [1.29, 1.82) is 0 Å². The third-order valence-corrected chi connectivity index (χ3v) is 4.63. The summed E-state index contributed by atoms with van der Waals surface area (Å²) in [5.74, 6) is 1.29. The Morgan fingerprint density at radius 1 is 1.15 bits per heavy atom. The van der Waals surface area contributed by atoms with Gasteiger partial charge < -0.3 is 20.5 Å². The van der Waals surface area contributed by atoms with Crippen LogP contribution in [-0.4, -0.2) is 20.1 Å². The molecule has 2 aromatic rings. The Labute approximate surface area is 160 Å². The highest BCUT2D eigenvalue weighted by molar-refractivity contribution is 5.85. The number of amides is 1. The number of carbonyl (C=O) groups is 1. The van der Waals surface area contributed by atoms with E-state index in [4.69, 9.17) is 15.2 Å². The lowest BCUT2D eigenvalue weighted by Crippen LogP contribution is -2.32. The van der Waals surface area contributed by atoms with Gasteiger partial charge in [0.05, 0.1) is 26.7 Å². The largest absolute Gasteiger partial charge is 0.493 e. The molecule has 1 unspecified atom stereocenters. The summed E-state index contributed by atoms with van der Waals surface area (Å²) in [6, 6.07) is 11.5. The average molecular weight is 377 g/mol. The van der Waals surface area contributed by atoms with Gasteiger partial charge in [-0.3, -0.25) is 4.79 Å². The Balaban J connectivity index is 0.00000243. The molecule has 6 heteroatoms. The zero-order valence-corrected chi connectivity index (χ0v) is 15.9. The van der Waals surface area contributed by atoms with E-state index in [9.17, 15) is 4.79 Å². The molecule has 5 nitrogen and oxygen atoms in total. The minimum absolute atomic E-state index is 0. The molecule has 2 aromatic carbocycles. The van der Waals surface area contributed by atoms with Gasteiger partial charge in [0.15, 0.2) is 11.5 Å². The van der Waals surface area contributed by atoms with Gasteiger partial charge in [0.2, 0.25) is 5.91 Å². The van der Waals surface area contributed by atoms with Crippen LogP contribution < -0.4 is 20.5 Å². The van der Waals surface area contributed by atoms with Crippen molar-refractivity contribution < 1.29 is 14.3 Å². The summed E-state index contributed by atoms with van der Waals surface area (Å²) in [5, 5.41) is 3.16. The molecule has 1 atom stereocenters. The second kappa shape index (κ2) is 8.81. The fourth-order valence-electron chi connectivity index (χ4n) is 3.41. The van der Waals surface area contributed by atoms with Crippen molar-refractivity contribution in [1.82, 2.24) is 5.32 Å². The van der Waals surface area contributed by atoms with Gasteiger partial charge in [0, 0.05) is 5.69 Å². The fraction of sp³-hybridized carbons (Fsp3) is 0.350. The number of carbonyl (C=O) groups excluding carboxylic acids is 1. The van der Waals surface area contributed by atoms with Crippen LogP contribution in [0.5, 0.6) is 11.5 Å². The smallest absolute Gasteiger partial charge is 0.224 e. The first-order chi connectivity index (χ1) is 12.1. The molecule has 0 bridgehead atoms. The van der Waals surface area contributed by atoms with Crippen LogP contribution in [0.4, 0.5) is 5.69 Å². The lowest BCUT2D eigenvalue weighted by molar-refractivity contribution is -0.121. The molecule has 0 radical (unpaired) electrons. The van der Waals surface area contributed by atoms with E-state index in [1.807, 2.05) is 36.4 Å². The molecule has 1 amide bonds. The number of aryl methyl sites for hydroxylation is 1. The molecular weight excluding hydrogens is 352 g/mol. The molecule has 26 heavy (non-hydrogen) atoms. The van der Waals surface area contributed by atoms with Crippen molar-refractivity contribution in [3.63, 3.8) is 0 Å². The number of rotatable bonds is 5. The maximum Gasteiger partial charge on any atom is 0.224 e. The van der Waals surface area contributed by atoms with E-state index in [0.29, 0.717) is 17.9 Å². The second-order valence-electron chi connectivity index (χ2n) is 6.34. The maximum atomic E-state index is 12.5. The molecule has 3 rings (SSSR count). The second-order valence-corrected chi connectivity index (χ2v) is 6.34. The Bertz CT molecular complexity index is 780. The third-order valence-electron chi connectivity index (χ3n) is 4.63. The Hall–Kier alpha value is -2.40. The summed E-state index contributed by atoms with van der Waals surface area (Å²) in [7, 11) is 3.18. The van der Waals surface area contributed by atoms with Crippen LogP contribution in [0.15, 0.2) is 36.4 Å². The van der Waals surface area contributed by atoms with Crippen LogP contribution >= 0.6 is 12.4 Å². The van der Waals surface area contributed by atoms with Gasteiger partial charge in [-0.25, -0.2) is 0 Å². The van der Waals surface area contributed by atoms with E-state index in [2.05, 4.69) is 5.32 Å². The molecule has 1 aliphatic carbocycles. The van der Waals surface area contributed by atoms with E-state index in [-0.39, 0.29) is 24.4 Å². The van der Waals surface area contributed by atoms with Crippen LogP contribution in [0.1, 0.15) is 35.6 Å². The number of hydrogen-bond donors (Lipinski definition) is 2. The van der Waals surface area contributed by atoms with Gasteiger partial charge in [-0.05, 0) is 60.2 Å². The number of ether oxygens (including phenoxy) is 2. The summed E-state index contributed by atoms with van der Waals surface area (Å²) >= 11 is 0. The van der Waals surface area contributed by atoms with Gasteiger partial charge in [0.25, 0.3) is 0 Å². The SMILES string of the molecule is COc1ccc(CC(=O)NC2CCCc3cc(N)ccc32)cc1OC.Cl. The van der Waals surface area contributed by atoms with Crippen LogP contribution in [0, 0.1) is 0 Å². The van der Waals surface area contributed by atoms with Gasteiger partial charge in [0.1, 0.15) is 0 Å². The molecule has 0 aliphatic heterocycles. The van der Waals surface area contributed by atoms with Crippen molar-refractivity contribution in [2.75, 3.05) is 20.0 Å². The zero-order valence-electron chi connectivity index (χ0n) is 15.1. The van der Waals surface area contributed by atoms with Gasteiger partial charge in [-0.1, -0.05) is 12.1 Å². The van der Waals surface area contributed by atoms with Crippen molar-refractivity contribution in [2.45, 2.75) is 31.7 Å². The highest BCUT2D eigenvalue weighted by Crippen LogP contribution is 2.31. The van der Waals surface area contributed by atoms with E-state index in [1.54, 1.807) is 14.2 Å². The minimum Gasteiger partial charge on any atom is -0.493 e. The summed E-state index contributed by atoms with van der Waals surface area (Å²) in [6.07, 6.45) is 3.33. The topological polar surface area (TPSA) is 73.6 Å². The van der Waals surface area contributed by atoms with Crippen molar-refractivity contribution >= 4 is 24.0 Å². The summed E-state index contributed by atoms with van der Waals surface area (Å²) in [6.45, 7) is 0. The molecule has 0 aromatic heterocycles. The minimum atomic E-state index is 0. The number of halogens is 1. The molecule has 1 aliphatic rings. The van der Waals surface area contributed by atoms with E-state index in [1.165, 1.54) is 11.1 Å². The molecule has 0 saturated carbocycles. The average Bonchev–Trinajstić information content (AvgIpc) is 2.61. The van der Waals surface area contributed by atoms with Crippen LogP contribution in [0.3, 0.4) is 0 Å². The number of nitrogens with one attached hydrogen (secondary N) is 1. The van der Waals surface area contributed by atoms with Crippen molar-refractivity contribution in [2.24, 2.45) is 0 Å². The molecule has 0 spiro atoms. The number of anilines is 1. The van der Waals surface area contributed by atoms with Crippen LogP contribution in [0.2, 0.25) is 0 Å². The maximum absolute atomic E-state index is 12.5. The monoisotopic (exact) mass is 376 g/mol. The van der Waals surface area contributed by atoms with Crippen LogP contribution in [-0.2, 0) is 17.6 Å². The van der Waals surface area contributed by atoms with Gasteiger partial charge in [-0.15, -0.1) is 12.4 Å². The first-order valence-corrected chi connectivity index (χ1v) is 8.49. The number of benzene rings is 2. The van der Waals surface area contributed by atoms with Gasteiger partial charge >= 0.3 is 0 Å². The summed E-state index contributed by atoms with van der Waals surface area (Å²) < 4.78 is 10.5. The molecule has 0 saturated heterocycles. The summed E-state index contributed by atoms with van der Waals surface area (Å²) in [5.41, 5.74) is 9.96. The quantitative estimate of drug-likeness (QED) is 0.784. The molecule has 140 valence electrons. The number of methoxy groups -OCH3 is 2. The number of nitrogens with two attached hydrogens (primary N) is 1. The van der Waals surface area contributed by atoms with Gasteiger partial charge in [-0.2, -0.15) is 0 Å². The fourth-order valence-corrected chi connectivity index (χ4v) is 3.41. The Morgan fingerprint density at radius 3 is 2.65 bits per heavy atom. The van der Waals surface area contributed by atoms with Crippen molar-refractivity contribution in [3.05, 3.63) is 53.1 Å². The summed E-state index contributed by atoms with van der Waals surface area (Å²) in [4.78, 5) is 12.5. The highest BCUT2D eigenvalue weighted by atomic mass is 35.5. The Kier molecular flexibility index (Phi) is 6.75. The Morgan fingerprint density at radius 2 is 1.92 bits per heavy atom. The van der Waals surface area contributed by atoms with Crippen molar-refractivity contribution in [3.8, 4) is 11.5 Å². The molecule has 0 heterocycles. The zero-order chi connectivity index (χ0) is 17.8. The molecular formula is C20H25ClN2O3. The number of nitrogen functional groups attached to an aromatic ring is 1. The normalized spacial score (nSPS) is 15.4. The number of hydrogen-bond acceptors (Lipinski definition) is 4. The highest BCUT2D eigenvalue weighted by Gasteiger charge is 2.22. The standard InChI is InChI=1S/C20H24N2O3.ClH/c1-24-18-9-6-13(10-19(18)25-2)11-20(23)22-17-5-3-4-14-12-15(21)7-8-16(14)17;/h6-10,12,17H,3-5,11,21H2,1-2H3,(H,22,23);1H. The predicted octanol–water partition coefficient (Wildman–Crippen LogP) is 3.44.